The Labute approximate surface area is 390 Å². The first-order chi connectivity index (χ1) is 33.2. The standard InChI is InChI=1S/C65H44N2/c1-5-18-45(19-6-1)47-32-35-52(36-33-47)67-63-44-55(38-41-59(63)60-39-34-48-22-13-14-29-56(48)64(60)67)66(53-28-17-23-49(42-53)46-20-7-2-8-21-46)54-37-40-58-57-30-15-16-31-61(57)65(62(58)43-54,50-24-9-3-10-25-50)51-26-11-4-12-27-51/h1-44H. The topological polar surface area (TPSA) is 8.17 Å². The van der Waals surface area contributed by atoms with Gasteiger partial charge in [-0.15, -0.1) is 0 Å². The molecular weight excluding hydrogens is 809 g/mol. The summed E-state index contributed by atoms with van der Waals surface area (Å²) in [6.07, 6.45) is 0. The molecule has 0 saturated heterocycles. The predicted octanol–water partition coefficient (Wildman–Crippen LogP) is 17.1. The van der Waals surface area contributed by atoms with Gasteiger partial charge in [-0.1, -0.05) is 218 Å². The lowest BCUT2D eigenvalue weighted by Crippen LogP contribution is -2.28. The second-order valence-electron chi connectivity index (χ2n) is 17.6. The van der Waals surface area contributed by atoms with Gasteiger partial charge in [0.2, 0.25) is 0 Å². The van der Waals surface area contributed by atoms with Crippen LogP contribution in [-0.2, 0) is 5.41 Å². The minimum atomic E-state index is -0.536. The zero-order valence-corrected chi connectivity index (χ0v) is 36.8. The highest BCUT2D eigenvalue weighted by Gasteiger charge is 2.46. The van der Waals surface area contributed by atoms with Crippen LogP contribution in [0, 0.1) is 0 Å². The highest BCUT2D eigenvalue weighted by molar-refractivity contribution is 6.19. The molecule has 1 aliphatic rings. The Morgan fingerprint density at radius 2 is 0.851 bits per heavy atom. The fourth-order valence-corrected chi connectivity index (χ4v) is 11.1. The van der Waals surface area contributed by atoms with E-state index in [0.29, 0.717) is 0 Å². The van der Waals surface area contributed by atoms with E-state index in [1.165, 1.54) is 82.7 Å². The van der Waals surface area contributed by atoms with Gasteiger partial charge in [0, 0.05) is 38.9 Å². The molecule has 67 heavy (non-hydrogen) atoms. The van der Waals surface area contributed by atoms with Crippen LogP contribution in [0.3, 0.4) is 0 Å². The molecule has 2 nitrogen and oxygen atoms in total. The van der Waals surface area contributed by atoms with Gasteiger partial charge >= 0.3 is 0 Å². The van der Waals surface area contributed by atoms with Crippen molar-refractivity contribution < 1.29 is 0 Å². The summed E-state index contributed by atoms with van der Waals surface area (Å²) in [4.78, 5) is 2.47. The average Bonchev–Trinajstić information content (AvgIpc) is 3.90. The van der Waals surface area contributed by atoms with Crippen molar-refractivity contribution in [1.29, 1.82) is 0 Å². The molecule has 0 unspecified atom stereocenters. The van der Waals surface area contributed by atoms with E-state index in [4.69, 9.17) is 0 Å². The van der Waals surface area contributed by atoms with Crippen molar-refractivity contribution in [3.8, 4) is 39.1 Å². The molecule has 13 rings (SSSR count). The fraction of sp³-hybridized carbons (Fsp3) is 0.0154. The van der Waals surface area contributed by atoms with Gasteiger partial charge in [0.05, 0.1) is 16.4 Å². The number of hydrogen-bond acceptors (Lipinski definition) is 1. The van der Waals surface area contributed by atoms with E-state index in [1.807, 2.05) is 0 Å². The Morgan fingerprint density at radius 3 is 1.58 bits per heavy atom. The third kappa shape index (κ3) is 6.18. The molecule has 0 aliphatic heterocycles. The lowest BCUT2D eigenvalue weighted by Gasteiger charge is -2.35. The first kappa shape index (κ1) is 38.7. The Bertz CT molecular complexity index is 3740. The van der Waals surface area contributed by atoms with E-state index in [2.05, 4.69) is 276 Å². The number of nitrogens with zero attached hydrogens (tertiary/aromatic N) is 2. The maximum Gasteiger partial charge on any atom is 0.0714 e. The number of hydrogen-bond donors (Lipinski definition) is 0. The molecule has 0 radical (unpaired) electrons. The minimum absolute atomic E-state index is 0.536. The highest BCUT2D eigenvalue weighted by atomic mass is 15.1. The summed E-state index contributed by atoms with van der Waals surface area (Å²) < 4.78 is 2.49. The summed E-state index contributed by atoms with van der Waals surface area (Å²) in [6, 6.07) is 98.2. The third-order valence-electron chi connectivity index (χ3n) is 14.0. The van der Waals surface area contributed by atoms with E-state index >= 15 is 0 Å². The van der Waals surface area contributed by atoms with Crippen molar-refractivity contribution >= 4 is 49.6 Å². The molecule has 0 amide bonds. The summed E-state index contributed by atoms with van der Waals surface area (Å²) in [5.41, 5.74) is 18.5. The van der Waals surface area contributed by atoms with Crippen molar-refractivity contribution in [2.45, 2.75) is 5.41 Å². The molecular formula is C65H44N2. The first-order valence-electron chi connectivity index (χ1n) is 23.2. The zero-order valence-electron chi connectivity index (χ0n) is 36.8. The average molecular weight is 853 g/mol. The number of benzene rings is 11. The monoisotopic (exact) mass is 852 g/mol. The van der Waals surface area contributed by atoms with Crippen molar-refractivity contribution in [2.75, 3.05) is 4.90 Å². The molecule has 12 aromatic rings. The van der Waals surface area contributed by atoms with Crippen molar-refractivity contribution in [1.82, 2.24) is 4.57 Å². The van der Waals surface area contributed by atoms with Crippen LogP contribution >= 0.6 is 0 Å². The van der Waals surface area contributed by atoms with Crippen molar-refractivity contribution in [2.24, 2.45) is 0 Å². The summed E-state index contributed by atoms with van der Waals surface area (Å²) in [7, 11) is 0. The molecule has 11 aromatic carbocycles. The van der Waals surface area contributed by atoms with Gasteiger partial charge in [-0.2, -0.15) is 0 Å². The molecule has 0 atom stereocenters. The normalized spacial score (nSPS) is 12.6. The van der Waals surface area contributed by atoms with Gasteiger partial charge in [0.25, 0.3) is 0 Å². The summed E-state index contributed by atoms with van der Waals surface area (Å²) in [5.74, 6) is 0. The SMILES string of the molecule is c1ccc(-c2ccc(-n3c4cc(N(c5cccc(-c6ccccc6)c5)c5ccc6c(c5)C(c5ccccc5)(c5ccccc5)c5ccccc5-6)ccc4c4ccc5ccccc5c43)cc2)cc1. The van der Waals surface area contributed by atoms with Crippen LogP contribution in [0.2, 0.25) is 0 Å². The Kier molecular flexibility index (Phi) is 9.11. The molecule has 0 N–H and O–H groups in total. The number of rotatable bonds is 8. The van der Waals surface area contributed by atoms with Gasteiger partial charge in [-0.05, 0) is 110 Å². The van der Waals surface area contributed by atoms with Gasteiger partial charge in [0.15, 0.2) is 0 Å². The Morgan fingerprint density at radius 1 is 0.313 bits per heavy atom. The quantitative estimate of drug-likeness (QED) is 0.148. The highest BCUT2D eigenvalue weighted by Crippen LogP contribution is 2.57. The summed E-state index contributed by atoms with van der Waals surface area (Å²) >= 11 is 0. The van der Waals surface area contributed by atoms with E-state index in [1.54, 1.807) is 0 Å². The smallest absolute Gasteiger partial charge is 0.0714 e. The van der Waals surface area contributed by atoms with Crippen LogP contribution in [0.15, 0.2) is 267 Å². The van der Waals surface area contributed by atoms with Gasteiger partial charge < -0.3 is 9.47 Å². The zero-order chi connectivity index (χ0) is 44.3. The van der Waals surface area contributed by atoms with E-state index in [9.17, 15) is 0 Å². The summed E-state index contributed by atoms with van der Waals surface area (Å²) in [6.45, 7) is 0. The van der Waals surface area contributed by atoms with Crippen LogP contribution in [0.25, 0.3) is 71.6 Å². The molecule has 1 aliphatic carbocycles. The van der Waals surface area contributed by atoms with E-state index in [-0.39, 0.29) is 0 Å². The van der Waals surface area contributed by atoms with E-state index in [0.717, 1.165) is 28.3 Å². The van der Waals surface area contributed by atoms with Gasteiger partial charge in [0.1, 0.15) is 0 Å². The maximum absolute atomic E-state index is 2.49. The second-order valence-corrected chi connectivity index (χ2v) is 17.6. The van der Waals surface area contributed by atoms with Crippen LogP contribution in [0.4, 0.5) is 17.1 Å². The lowest BCUT2D eigenvalue weighted by atomic mass is 9.67. The fourth-order valence-electron chi connectivity index (χ4n) is 11.1. The molecule has 2 heteroatoms. The van der Waals surface area contributed by atoms with Gasteiger partial charge in [-0.3, -0.25) is 0 Å². The molecule has 1 aromatic heterocycles. The van der Waals surface area contributed by atoms with Crippen LogP contribution < -0.4 is 4.90 Å². The molecule has 0 saturated carbocycles. The number of anilines is 3. The van der Waals surface area contributed by atoms with Gasteiger partial charge in [-0.25, -0.2) is 0 Å². The molecule has 0 spiro atoms. The van der Waals surface area contributed by atoms with Crippen LogP contribution in [0.1, 0.15) is 22.3 Å². The third-order valence-corrected chi connectivity index (χ3v) is 14.0. The van der Waals surface area contributed by atoms with E-state index < -0.39 is 5.41 Å². The molecule has 0 bridgehead atoms. The molecule has 0 fully saturated rings. The first-order valence-corrected chi connectivity index (χ1v) is 23.2. The second kappa shape index (κ2) is 15.8. The largest absolute Gasteiger partial charge is 0.310 e. The lowest BCUT2D eigenvalue weighted by molar-refractivity contribution is 0.768. The molecule has 1 heterocycles. The van der Waals surface area contributed by atoms with Crippen LogP contribution in [0.5, 0.6) is 0 Å². The maximum atomic E-state index is 2.49. The number of fused-ring (bicyclic) bond motifs is 8. The predicted molar refractivity (Wildman–Crippen MR) is 281 cm³/mol. The van der Waals surface area contributed by atoms with Crippen molar-refractivity contribution in [3.05, 3.63) is 289 Å². The summed E-state index contributed by atoms with van der Waals surface area (Å²) in [5, 5.41) is 4.90. The van der Waals surface area contributed by atoms with Crippen molar-refractivity contribution in [3.63, 3.8) is 0 Å². The Balaban J connectivity index is 1.08. The molecule has 314 valence electrons. The van der Waals surface area contributed by atoms with Crippen LogP contribution in [-0.4, -0.2) is 4.57 Å². The minimum Gasteiger partial charge on any atom is -0.310 e. The Hall–Kier alpha value is -8.72. The number of aromatic nitrogens is 1.